The highest BCUT2D eigenvalue weighted by atomic mass is 79.9. The molecule has 0 aliphatic carbocycles. The van der Waals surface area contributed by atoms with Gasteiger partial charge in [0.15, 0.2) is 0 Å². The number of aryl methyl sites for hydroxylation is 1. The molecule has 110 valence electrons. The molecule has 2 aromatic carbocycles. The van der Waals surface area contributed by atoms with Crippen molar-refractivity contribution in [3.8, 4) is 0 Å². The summed E-state index contributed by atoms with van der Waals surface area (Å²) < 4.78 is 1.04. The van der Waals surface area contributed by atoms with E-state index in [1.807, 2.05) is 62.4 Å². The molecule has 0 spiro atoms. The average Bonchev–Trinajstić information content (AvgIpc) is 2.47. The smallest absolute Gasteiger partial charge is 0.241 e. The summed E-state index contributed by atoms with van der Waals surface area (Å²) in [5, 5.41) is 6.13. The number of nitrogens with one attached hydrogen (secondary N) is 2. The van der Waals surface area contributed by atoms with Gasteiger partial charge in [0.1, 0.15) is 0 Å². The maximum atomic E-state index is 12.1. The highest BCUT2D eigenvalue weighted by Gasteiger charge is 2.12. The Morgan fingerprint density at radius 3 is 2.57 bits per heavy atom. The van der Waals surface area contributed by atoms with Crippen LogP contribution in [0.4, 0.5) is 5.69 Å². The molecule has 0 saturated heterocycles. The standard InChI is InChI=1S/C17H19BrN2O/c1-12-6-8-16(9-7-12)20-17(21)13(2)19-11-14-4-3-5-15(18)10-14/h3-10,13,19H,11H2,1-2H3,(H,20,21). The zero-order valence-corrected chi connectivity index (χ0v) is 13.8. The van der Waals surface area contributed by atoms with Crippen molar-refractivity contribution in [2.75, 3.05) is 5.32 Å². The van der Waals surface area contributed by atoms with E-state index in [2.05, 4.69) is 26.6 Å². The first-order valence-electron chi connectivity index (χ1n) is 6.90. The summed E-state index contributed by atoms with van der Waals surface area (Å²) in [5.41, 5.74) is 3.13. The van der Waals surface area contributed by atoms with Gasteiger partial charge in [-0.1, -0.05) is 45.8 Å². The molecule has 2 aromatic rings. The van der Waals surface area contributed by atoms with E-state index < -0.39 is 0 Å². The van der Waals surface area contributed by atoms with Gasteiger partial charge in [0.25, 0.3) is 0 Å². The van der Waals surface area contributed by atoms with Gasteiger partial charge in [-0.05, 0) is 43.7 Å². The van der Waals surface area contributed by atoms with Gasteiger partial charge in [-0.25, -0.2) is 0 Å². The van der Waals surface area contributed by atoms with E-state index in [0.717, 1.165) is 15.7 Å². The molecule has 0 fully saturated rings. The Labute approximate surface area is 133 Å². The molecule has 1 amide bonds. The Kier molecular flexibility index (Phi) is 5.53. The van der Waals surface area contributed by atoms with Gasteiger partial charge in [0.05, 0.1) is 6.04 Å². The van der Waals surface area contributed by atoms with Crippen LogP contribution in [-0.2, 0) is 11.3 Å². The Morgan fingerprint density at radius 1 is 1.19 bits per heavy atom. The van der Waals surface area contributed by atoms with E-state index in [4.69, 9.17) is 0 Å². The molecular weight excluding hydrogens is 328 g/mol. The van der Waals surface area contributed by atoms with Crippen molar-refractivity contribution in [2.45, 2.75) is 26.4 Å². The van der Waals surface area contributed by atoms with Crippen molar-refractivity contribution in [3.05, 3.63) is 64.1 Å². The highest BCUT2D eigenvalue weighted by molar-refractivity contribution is 9.10. The van der Waals surface area contributed by atoms with E-state index >= 15 is 0 Å². The summed E-state index contributed by atoms with van der Waals surface area (Å²) >= 11 is 3.44. The molecular formula is C17H19BrN2O. The number of anilines is 1. The van der Waals surface area contributed by atoms with Gasteiger partial charge in [-0.15, -0.1) is 0 Å². The lowest BCUT2D eigenvalue weighted by atomic mass is 10.2. The minimum atomic E-state index is -0.259. The number of carbonyl (C=O) groups is 1. The topological polar surface area (TPSA) is 41.1 Å². The first kappa shape index (κ1) is 15.7. The number of hydrogen-bond acceptors (Lipinski definition) is 2. The second-order valence-electron chi connectivity index (χ2n) is 5.09. The molecule has 0 heterocycles. The molecule has 0 saturated carbocycles. The molecule has 3 nitrogen and oxygen atoms in total. The normalized spacial score (nSPS) is 12.0. The monoisotopic (exact) mass is 346 g/mol. The first-order valence-corrected chi connectivity index (χ1v) is 7.69. The van der Waals surface area contributed by atoms with E-state index in [9.17, 15) is 4.79 Å². The van der Waals surface area contributed by atoms with Crippen molar-refractivity contribution in [3.63, 3.8) is 0 Å². The van der Waals surface area contributed by atoms with Crippen LogP contribution in [0, 0.1) is 6.92 Å². The zero-order chi connectivity index (χ0) is 15.2. The minimum absolute atomic E-state index is 0.0335. The van der Waals surface area contributed by atoms with Crippen LogP contribution < -0.4 is 10.6 Å². The molecule has 0 radical (unpaired) electrons. The van der Waals surface area contributed by atoms with Crippen LogP contribution in [-0.4, -0.2) is 11.9 Å². The lowest BCUT2D eigenvalue weighted by molar-refractivity contribution is -0.117. The number of amides is 1. The quantitative estimate of drug-likeness (QED) is 0.862. The third-order valence-electron chi connectivity index (χ3n) is 3.21. The van der Waals surface area contributed by atoms with Crippen molar-refractivity contribution >= 4 is 27.5 Å². The number of benzene rings is 2. The molecule has 21 heavy (non-hydrogen) atoms. The first-order chi connectivity index (χ1) is 10.0. The van der Waals surface area contributed by atoms with E-state index in [1.54, 1.807) is 0 Å². The third kappa shape index (κ3) is 4.99. The van der Waals surface area contributed by atoms with Crippen LogP contribution in [0.15, 0.2) is 53.0 Å². The van der Waals surface area contributed by atoms with Gasteiger partial charge in [0, 0.05) is 16.7 Å². The highest BCUT2D eigenvalue weighted by Crippen LogP contribution is 2.12. The number of halogens is 1. The van der Waals surface area contributed by atoms with Crippen molar-refractivity contribution in [2.24, 2.45) is 0 Å². The fourth-order valence-corrected chi connectivity index (χ4v) is 2.34. The van der Waals surface area contributed by atoms with Crippen molar-refractivity contribution in [1.82, 2.24) is 5.32 Å². The summed E-state index contributed by atoms with van der Waals surface area (Å²) in [5.74, 6) is -0.0335. The molecule has 2 N–H and O–H groups in total. The maximum Gasteiger partial charge on any atom is 0.241 e. The molecule has 2 rings (SSSR count). The minimum Gasteiger partial charge on any atom is -0.325 e. The molecule has 0 aliphatic rings. The molecule has 0 aliphatic heterocycles. The average molecular weight is 347 g/mol. The van der Waals surface area contributed by atoms with Gasteiger partial charge in [0.2, 0.25) is 5.91 Å². The van der Waals surface area contributed by atoms with E-state index in [-0.39, 0.29) is 11.9 Å². The van der Waals surface area contributed by atoms with Crippen LogP contribution in [0.1, 0.15) is 18.1 Å². The van der Waals surface area contributed by atoms with Gasteiger partial charge >= 0.3 is 0 Å². The predicted octanol–water partition coefficient (Wildman–Crippen LogP) is 3.87. The van der Waals surface area contributed by atoms with E-state index in [1.165, 1.54) is 5.56 Å². The second kappa shape index (κ2) is 7.38. The summed E-state index contributed by atoms with van der Waals surface area (Å²) in [6.45, 7) is 4.54. The van der Waals surface area contributed by atoms with Crippen LogP contribution in [0.3, 0.4) is 0 Å². The summed E-state index contributed by atoms with van der Waals surface area (Å²) in [4.78, 5) is 12.1. The Hall–Kier alpha value is -1.65. The molecule has 0 bridgehead atoms. The lowest BCUT2D eigenvalue weighted by Gasteiger charge is -2.14. The predicted molar refractivity (Wildman–Crippen MR) is 90.3 cm³/mol. The molecule has 1 atom stereocenters. The van der Waals surface area contributed by atoms with Crippen LogP contribution >= 0.6 is 15.9 Å². The number of hydrogen-bond donors (Lipinski definition) is 2. The summed E-state index contributed by atoms with van der Waals surface area (Å²) in [7, 11) is 0. The Bertz CT molecular complexity index is 610. The Morgan fingerprint density at radius 2 is 1.90 bits per heavy atom. The van der Waals surface area contributed by atoms with Crippen LogP contribution in [0.2, 0.25) is 0 Å². The van der Waals surface area contributed by atoms with Gasteiger partial charge < -0.3 is 10.6 Å². The fraction of sp³-hybridized carbons (Fsp3) is 0.235. The molecule has 1 unspecified atom stereocenters. The second-order valence-corrected chi connectivity index (χ2v) is 6.00. The zero-order valence-electron chi connectivity index (χ0n) is 12.2. The van der Waals surface area contributed by atoms with E-state index in [0.29, 0.717) is 6.54 Å². The Balaban J connectivity index is 1.86. The van der Waals surface area contributed by atoms with Crippen molar-refractivity contribution < 1.29 is 4.79 Å². The van der Waals surface area contributed by atoms with Crippen molar-refractivity contribution in [1.29, 1.82) is 0 Å². The maximum absolute atomic E-state index is 12.1. The number of carbonyl (C=O) groups excluding carboxylic acids is 1. The van der Waals surface area contributed by atoms with Crippen LogP contribution in [0.5, 0.6) is 0 Å². The summed E-state index contributed by atoms with van der Waals surface area (Å²) in [6, 6.07) is 15.6. The summed E-state index contributed by atoms with van der Waals surface area (Å²) in [6.07, 6.45) is 0. The van der Waals surface area contributed by atoms with Gasteiger partial charge in [-0.3, -0.25) is 4.79 Å². The van der Waals surface area contributed by atoms with Gasteiger partial charge in [-0.2, -0.15) is 0 Å². The number of rotatable bonds is 5. The SMILES string of the molecule is Cc1ccc(NC(=O)C(C)NCc2cccc(Br)c2)cc1. The van der Waals surface area contributed by atoms with Crippen LogP contribution in [0.25, 0.3) is 0 Å². The fourth-order valence-electron chi connectivity index (χ4n) is 1.90. The largest absolute Gasteiger partial charge is 0.325 e. The third-order valence-corrected chi connectivity index (χ3v) is 3.71. The molecule has 0 aromatic heterocycles. The molecule has 4 heteroatoms. The lowest BCUT2D eigenvalue weighted by Crippen LogP contribution is -2.37.